The highest BCUT2D eigenvalue weighted by Crippen LogP contribution is 2.17. The fourth-order valence-electron chi connectivity index (χ4n) is 0.951. The van der Waals surface area contributed by atoms with Crippen molar-refractivity contribution in [3.63, 3.8) is 0 Å². The Morgan fingerprint density at radius 3 is 2.33 bits per heavy atom. The predicted molar refractivity (Wildman–Crippen MR) is 60.6 cm³/mol. The minimum absolute atomic E-state index is 0.145. The zero-order chi connectivity index (χ0) is 11.4. The van der Waals surface area contributed by atoms with Crippen LogP contribution in [0.5, 0.6) is 5.75 Å². The fraction of sp³-hybridized carbons (Fsp3) is 0.364. The summed E-state index contributed by atoms with van der Waals surface area (Å²) >= 11 is 3.27. The van der Waals surface area contributed by atoms with Gasteiger partial charge < -0.3 is 9.84 Å². The van der Waals surface area contributed by atoms with Crippen molar-refractivity contribution in [1.82, 2.24) is 0 Å². The maximum atomic E-state index is 11.4. The van der Waals surface area contributed by atoms with E-state index >= 15 is 0 Å². The maximum Gasteiger partial charge on any atom is 0.340 e. The number of carbonyl (C=O) groups excluding carboxylic acids is 1. The van der Waals surface area contributed by atoms with Crippen LogP contribution in [0.4, 0.5) is 0 Å². The third-order valence-electron chi connectivity index (χ3n) is 1.91. The van der Waals surface area contributed by atoms with Gasteiger partial charge in [-0.15, -0.1) is 0 Å². The number of halogens is 1. The first-order valence-electron chi connectivity index (χ1n) is 4.66. The topological polar surface area (TPSA) is 46.5 Å². The van der Waals surface area contributed by atoms with Crippen LogP contribution in [0.3, 0.4) is 0 Å². The van der Waals surface area contributed by atoms with Gasteiger partial charge in [0, 0.05) is 4.47 Å². The summed E-state index contributed by atoms with van der Waals surface area (Å²) in [6.45, 7) is 3.51. The molecule has 0 aliphatic rings. The van der Waals surface area contributed by atoms with Gasteiger partial charge >= 0.3 is 5.97 Å². The van der Waals surface area contributed by atoms with Crippen molar-refractivity contribution in [1.29, 1.82) is 0 Å². The molecule has 0 amide bonds. The molecule has 1 aromatic carbocycles. The zero-order valence-corrected chi connectivity index (χ0v) is 10.2. The van der Waals surface area contributed by atoms with Gasteiger partial charge in [0.05, 0.1) is 0 Å². The molecule has 1 rings (SSSR count). The van der Waals surface area contributed by atoms with Gasteiger partial charge in [-0.25, -0.2) is 4.79 Å². The molecular weight excluding hydrogens is 260 g/mol. The normalized spacial score (nSPS) is 12.6. The number of aliphatic hydroxyl groups is 1. The van der Waals surface area contributed by atoms with Crippen LogP contribution in [-0.4, -0.2) is 17.2 Å². The Kier molecular flexibility index (Phi) is 4.29. The average Bonchev–Trinajstić information content (AvgIpc) is 2.20. The molecule has 0 spiro atoms. The molecule has 1 unspecified atom stereocenters. The van der Waals surface area contributed by atoms with Gasteiger partial charge in [-0.3, -0.25) is 0 Å². The van der Waals surface area contributed by atoms with Crippen LogP contribution >= 0.6 is 15.9 Å². The molecule has 0 heterocycles. The van der Waals surface area contributed by atoms with E-state index in [-0.39, 0.29) is 5.92 Å². The monoisotopic (exact) mass is 272 g/mol. The van der Waals surface area contributed by atoms with Crippen LogP contribution < -0.4 is 4.74 Å². The van der Waals surface area contributed by atoms with Crippen LogP contribution in [0.15, 0.2) is 28.7 Å². The smallest absolute Gasteiger partial charge is 0.340 e. The highest BCUT2D eigenvalue weighted by Gasteiger charge is 2.20. The van der Waals surface area contributed by atoms with Crippen molar-refractivity contribution in [3.8, 4) is 5.75 Å². The SMILES string of the molecule is CC(C)C(O)C(=O)Oc1ccc(Br)cc1. The van der Waals surface area contributed by atoms with Crippen LogP contribution in [-0.2, 0) is 4.79 Å². The van der Waals surface area contributed by atoms with E-state index in [1.807, 2.05) is 0 Å². The van der Waals surface area contributed by atoms with Crippen LogP contribution in [0.25, 0.3) is 0 Å². The van der Waals surface area contributed by atoms with Gasteiger partial charge in [0.2, 0.25) is 0 Å². The summed E-state index contributed by atoms with van der Waals surface area (Å²) in [4.78, 5) is 11.4. The number of hydrogen-bond acceptors (Lipinski definition) is 3. The molecule has 0 fully saturated rings. The zero-order valence-electron chi connectivity index (χ0n) is 8.61. The van der Waals surface area contributed by atoms with E-state index in [1.165, 1.54) is 0 Å². The minimum Gasteiger partial charge on any atom is -0.425 e. The lowest BCUT2D eigenvalue weighted by molar-refractivity contribution is -0.145. The van der Waals surface area contributed by atoms with E-state index in [0.29, 0.717) is 5.75 Å². The number of hydrogen-bond donors (Lipinski definition) is 1. The molecule has 0 aromatic heterocycles. The summed E-state index contributed by atoms with van der Waals surface area (Å²) in [5.74, 6) is -0.330. The summed E-state index contributed by atoms with van der Waals surface area (Å²) in [6, 6.07) is 6.86. The first-order chi connectivity index (χ1) is 7.00. The Morgan fingerprint density at radius 2 is 1.87 bits per heavy atom. The lowest BCUT2D eigenvalue weighted by Crippen LogP contribution is -2.30. The van der Waals surface area contributed by atoms with Crippen molar-refractivity contribution in [2.45, 2.75) is 20.0 Å². The van der Waals surface area contributed by atoms with Crippen LogP contribution in [0.2, 0.25) is 0 Å². The standard InChI is InChI=1S/C11H13BrO3/c1-7(2)10(13)11(14)15-9-5-3-8(12)4-6-9/h3-7,10,13H,1-2H3. The number of esters is 1. The highest BCUT2D eigenvalue weighted by molar-refractivity contribution is 9.10. The molecule has 15 heavy (non-hydrogen) atoms. The van der Waals surface area contributed by atoms with E-state index in [0.717, 1.165) is 4.47 Å². The molecule has 0 aliphatic heterocycles. The second-order valence-electron chi connectivity index (χ2n) is 3.56. The second kappa shape index (κ2) is 5.28. The van der Waals surface area contributed by atoms with E-state index in [2.05, 4.69) is 15.9 Å². The van der Waals surface area contributed by atoms with E-state index in [4.69, 9.17) is 4.74 Å². The second-order valence-corrected chi connectivity index (χ2v) is 4.48. The Balaban J connectivity index is 2.62. The molecule has 1 atom stereocenters. The first-order valence-corrected chi connectivity index (χ1v) is 5.45. The van der Waals surface area contributed by atoms with Crippen molar-refractivity contribution in [2.75, 3.05) is 0 Å². The van der Waals surface area contributed by atoms with Crippen molar-refractivity contribution < 1.29 is 14.6 Å². The van der Waals surface area contributed by atoms with Crippen LogP contribution in [0.1, 0.15) is 13.8 Å². The summed E-state index contributed by atoms with van der Waals surface area (Å²) in [7, 11) is 0. The van der Waals surface area contributed by atoms with Gasteiger partial charge in [-0.2, -0.15) is 0 Å². The molecule has 1 aromatic rings. The molecule has 3 nitrogen and oxygen atoms in total. The van der Waals surface area contributed by atoms with Gasteiger partial charge in [0.15, 0.2) is 6.10 Å². The molecule has 82 valence electrons. The number of carbonyl (C=O) groups is 1. The average molecular weight is 273 g/mol. The van der Waals surface area contributed by atoms with Gasteiger partial charge in [-0.05, 0) is 30.2 Å². The summed E-state index contributed by atoms with van der Waals surface area (Å²) in [5.41, 5.74) is 0. The van der Waals surface area contributed by atoms with E-state index in [1.54, 1.807) is 38.1 Å². The van der Waals surface area contributed by atoms with Crippen molar-refractivity contribution >= 4 is 21.9 Å². The lowest BCUT2D eigenvalue weighted by Gasteiger charge is -2.13. The third kappa shape index (κ3) is 3.64. The maximum absolute atomic E-state index is 11.4. The molecule has 0 radical (unpaired) electrons. The molecule has 0 aliphatic carbocycles. The number of rotatable bonds is 3. The molecule has 0 saturated carbocycles. The lowest BCUT2D eigenvalue weighted by atomic mass is 10.1. The Labute approximate surface area is 97.2 Å². The van der Waals surface area contributed by atoms with E-state index < -0.39 is 12.1 Å². The highest BCUT2D eigenvalue weighted by atomic mass is 79.9. The fourth-order valence-corrected chi connectivity index (χ4v) is 1.22. The van der Waals surface area contributed by atoms with Gasteiger partial charge in [0.25, 0.3) is 0 Å². The largest absolute Gasteiger partial charge is 0.425 e. The molecule has 0 saturated heterocycles. The third-order valence-corrected chi connectivity index (χ3v) is 2.43. The minimum atomic E-state index is -1.08. The summed E-state index contributed by atoms with van der Waals surface area (Å²) in [6.07, 6.45) is -1.08. The Hall–Kier alpha value is -0.870. The van der Waals surface area contributed by atoms with Crippen molar-refractivity contribution in [3.05, 3.63) is 28.7 Å². The predicted octanol–water partition coefficient (Wildman–Crippen LogP) is 2.37. The quantitative estimate of drug-likeness (QED) is 0.679. The number of aliphatic hydroxyl groups excluding tert-OH is 1. The summed E-state index contributed by atoms with van der Waals surface area (Å²) < 4.78 is 5.89. The first kappa shape index (κ1) is 12.2. The number of ether oxygens (including phenoxy) is 1. The Bertz CT molecular complexity index is 332. The Morgan fingerprint density at radius 1 is 1.33 bits per heavy atom. The number of benzene rings is 1. The van der Waals surface area contributed by atoms with Crippen LogP contribution in [0, 0.1) is 5.92 Å². The van der Waals surface area contributed by atoms with Gasteiger partial charge in [-0.1, -0.05) is 29.8 Å². The van der Waals surface area contributed by atoms with E-state index in [9.17, 15) is 9.90 Å². The van der Waals surface area contributed by atoms with Gasteiger partial charge in [0.1, 0.15) is 5.75 Å². The molecule has 4 heteroatoms. The summed E-state index contributed by atoms with van der Waals surface area (Å²) in [5, 5.41) is 9.43. The molecular formula is C11H13BrO3. The molecule has 1 N–H and O–H groups in total. The van der Waals surface area contributed by atoms with Crippen molar-refractivity contribution in [2.24, 2.45) is 5.92 Å². The molecule has 0 bridgehead atoms.